The normalized spacial score (nSPS) is 11.3. The second-order valence-electron chi connectivity index (χ2n) is 5.05. The fourth-order valence-electron chi connectivity index (χ4n) is 1.94. The van der Waals surface area contributed by atoms with E-state index < -0.39 is 5.97 Å². The predicted molar refractivity (Wildman–Crippen MR) is 80.1 cm³/mol. The number of carbonyl (C=O) groups is 1. The highest BCUT2D eigenvalue weighted by Crippen LogP contribution is 2.22. The first kappa shape index (κ1) is 15.5. The van der Waals surface area contributed by atoms with Crippen molar-refractivity contribution in [1.82, 2.24) is 9.88 Å². The van der Waals surface area contributed by atoms with Crippen LogP contribution in [0.25, 0.3) is 11.5 Å². The number of rotatable bonds is 6. The number of hydrogen-bond donors (Lipinski definition) is 1. The number of halogens is 1. The molecule has 2 aromatic rings. The van der Waals surface area contributed by atoms with Crippen LogP contribution in [-0.4, -0.2) is 33.5 Å². The van der Waals surface area contributed by atoms with Gasteiger partial charge in [0, 0.05) is 23.2 Å². The lowest BCUT2D eigenvalue weighted by atomic mass is 10.2. The number of carboxylic acids is 1. The molecule has 0 radical (unpaired) electrons. The summed E-state index contributed by atoms with van der Waals surface area (Å²) >= 11 is 5.94. The molecule has 1 heterocycles. The standard InChI is InChI=1S/C15H17ClN2O3/c1-10(2)18(8-14(19)20)7-13-9-21-15(17-13)11-4-3-5-12(16)6-11/h3-6,9-10H,7-8H2,1-2H3,(H,19,20). The van der Waals surface area contributed by atoms with Crippen molar-refractivity contribution in [2.45, 2.75) is 26.4 Å². The van der Waals surface area contributed by atoms with Crippen molar-refractivity contribution >= 4 is 17.6 Å². The molecule has 1 N–H and O–H groups in total. The van der Waals surface area contributed by atoms with Gasteiger partial charge >= 0.3 is 5.97 Å². The second kappa shape index (κ2) is 6.74. The molecule has 0 aliphatic heterocycles. The van der Waals surface area contributed by atoms with E-state index in [4.69, 9.17) is 21.1 Å². The first-order valence-electron chi connectivity index (χ1n) is 6.62. The third kappa shape index (κ3) is 4.31. The maximum absolute atomic E-state index is 10.9. The highest BCUT2D eigenvalue weighted by atomic mass is 35.5. The zero-order chi connectivity index (χ0) is 15.4. The Hall–Kier alpha value is -1.85. The van der Waals surface area contributed by atoms with E-state index in [1.165, 1.54) is 0 Å². The van der Waals surface area contributed by atoms with Gasteiger partial charge in [0.1, 0.15) is 6.26 Å². The molecule has 2 rings (SSSR count). The van der Waals surface area contributed by atoms with E-state index in [1.54, 1.807) is 18.4 Å². The van der Waals surface area contributed by atoms with Crippen molar-refractivity contribution in [2.75, 3.05) is 6.54 Å². The minimum Gasteiger partial charge on any atom is -0.480 e. The van der Waals surface area contributed by atoms with Crippen molar-refractivity contribution in [3.8, 4) is 11.5 Å². The minimum atomic E-state index is -0.859. The van der Waals surface area contributed by atoms with E-state index in [-0.39, 0.29) is 12.6 Å². The van der Waals surface area contributed by atoms with Crippen molar-refractivity contribution in [3.05, 3.63) is 41.2 Å². The molecule has 6 heteroatoms. The summed E-state index contributed by atoms with van der Waals surface area (Å²) < 4.78 is 5.45. The first-order chi connectivity index (χ1) is 9.95. The maximum Gasteiger partial charge on any atom is 0.317 e. The van der Waals surface area contributed by atoms with Crippen LogP contribution in [0.3, 0.4) is 0 Å². The quantitative estimate of drug-likeness (QED) is 0.887. The lowest BCUT2D eigenvalue weighted by Gasteiger charge is -2.22. The van der Waals surface area contributed by atoms with Gasteiger partial charge in [-0.3, -0.25) is 9.69 Å². The summed E-state index contributed by atoms with van der Waals surface area (Å²) in [5, 5.41) is 9.54. The highest BCUT2D eigenvalue weighted by molar-refractivity contribution is 6.30. The van der Waals surface area contributed by atoms with Crippen LogP contribution < -0.4 is 0 Å². The second-order valence-corrected chi connectivity index (χ2v) is 5.48. The lowest BCUT2D eigenvalue weighted by Crippen LogP contribution is -2.35. The van der Waals surface area contributed by atoms with Gasteiger partial charge in [-0.1, -0.05) is 17.7 Å². The van der Waals surface area contributed by atoms with E-state index in [0.717, 1.165) is 5.56 Å². The molecule has 0 saturated heterocycles. The van der Waals surface area contributed by atoms with E-state index in [2.05, 4.69) is 4.98 Å². The number of aromatic nitrogens is 1. The SMILES string of the molecule is CC(C)N(CC(=O)O)Cc1coc(-c2cccc(Cl)c2)n1. The molecule has 0 bridgehead atoms. The Bertz CT molecular complexity index is 625. The largest absolute Gasteiger partial charge is 0.480 e. The van der Waals surface area contributed by atoms with Crippen LogP contribution in [0.5, 0.6) is 0 Å². The summed E-state index contributed by atoms with van der Waals surface area (Å²) in [5.74, 6) is -0.381. The van der Waals surface area contributed by atoms with Gasteiger partial charge in [-0.15, -0.1) is 0 Å². The van der Waals surface area contributed by atoms with Crippen LogP contribution in [0.1, 0.15) is 19.5 Å². The Kier molecular flexibility index (Phi) is 4.98. The monoisotopic (exact) mass is 308 g/mol. The molecular formula is C15H17ClN2O3. The Labute approximate surface area is 128 Å². The van der Waals surface area contributed by atoms with Gasteiger partial charge in [0.2, 0.25) is 5.89 Å². The molecule has 0 unspecified atom stereocenters. The molecule has 112 valence electrons. The maximum atomic E-state index is 10.9. The number of nitrogens with zero attached hydrogens (tertiary/aromatic N) is 2. The van der Waals surface area contributed by atoms with Crippen LogP contribution in [0, 0.1) is 0 Å². The Morgan fingerprint density at radius 3 is 2.86 bits per heavy atom. The Morgan fingerprint density at radius 1 is 1.48 bits per heavy atom. The number of benzene rings is 1. The van der Waals surface area contributed by atoms with Gasteiger partial charge < -0.3 is 9.52 Å². The van der Waals surface area contributed by atoms with Crippen LogP contribution in [0.2, 0.25) is 5.02 Å². The van der Waals surface area contributed by atoms with Gasteiger partial charge in [0.15, 0.2) is 0 Å². The van der Waals surface area contributed by atoms with E-state index >= 15 is 0 Å². The number of aliphatic carboxylic acids is 1. The van der Waals surface area contributed by atoms with Crippen molar-refractivity contribution in [3.63, 3.8) is 0 Å². The topological polar surface area (TPSA) is 66.6 Å². The molecule has 0 aliphatic carbocycles. The average Bonchev–Trinajstić information content (AvgIpc) is 2.86. The third-order valence-electron chi connectivity index (χ3n) is 3.06. The Morgan fingerprint density at radius 2 is 2.24 bits per heavy atom. The van der Waals surface area contributed by atoms with E-state index in [0.29, 0.717) is 23.2 Å². The fourth-order valence-corrected chi connectivity index (χ4v) is 2.13. The van der Waals surface area contributed by atoms with Gasteiger partial charge in [-0.25, -0.2) is 4.98 Å². The summed E-state index contributed by atoms with van der Waals surface area (Å²) in [6, 6.07) is 7.34. The van der Waals surface area contributed by atoms with Crippen LogP contribution >= 0.6 is 11.6 Å². The van der Waals surface area contributed by atoms with Crippen molar-refractivity contribution < 1.29 is 14.3 Å². The molecule has 21 heavy (non-hydrogen) atoms. The van der Waals surface area contributed by atoms with Gasteiger partial charge in [-0.2, -0.15) is 0 Å². The number of carboxylic acid groups (broad SMARTS) is 1. The van der Waals surface area contributed by atoms with E-state index in [1.807, 2.05) is 30.9 Å². The predicted octanol–water partition coefficient (Wildman–Crippen LogP) is 3.29. The van der Waals surface area contributed by atoms with Crippen molar-refractivity contribution in [2.24, 2.45) is 0 Å². The summed E-state index contributed by atoms with van der Waals surface area (Å²) in [4.78, 5) is 17.1. The molecule has 0 saturated carbocycles. The average molecular weight is 309 g/mol. The summed E-state index contributed by atoms with van der Waals surface area (Å²) in [7, 11) is 0. The molecule has 5 nitrogen and oxygen atoms in total. The van der Waals surface area contributed by atoms with Crippen LogP contribution in [-0.2, 0) is 11.3 Å². The van der Waals surface area contributed by atoms with Gasteiger partial charge in [0.25, 0.3) is 0 Å². The zero-order valence-corrected chi connectivity index (χ0v) is 12.7. The molecule has 0 fully saturated rings. The molecule has 1 aromatic carbocycles. The van der Waals surface area contributed by atoms with E-state index in [9.17, 15) is 4.79 Å². The smallest absolute Gasteiger partial charge is 0.317 e. The van der Waals surface area contributed by atoms with Crippen molar-refractivity contribution in [1.29, 1.82) is 0 Å². The minimum absolute atomic E-state index is 0.0307. The molecule has 0 atom stereocenters. The van der Waals surface area contributed by atoms with Crippen LogP contribution in [0.4, 0.5) is 0 Å². The van der Waals surface area contributed by atoms with Gasteiger partial charge in [0.05, 0.1) is 12.2 Å². The first-order valence-corrected chi connectivity index (χ1v) is 6.99. The summed E-state index contributed by atoms with van der Waals surface area (Å²) in [6.45, 7) is 4.28. The molecule has 0 amide bonds. The number of hydrogen-bond acceptors (Lipinski definition) is 4. The summed E-state index contributed by atoms with van der Waals surface area (Å²) in [6.07, 6.45) is 1.55. The molecular weight excluding hydrogens is 292 g/mol. The molecule has 1 aromatic heterocycles. The zero-order valence-electron chi connectivity index (χ0n) is 11.9. The Balaban J connectivity index is 2.14. The highest BCUT2D eigenvalue weighted by Gasteiger charge is 2.16. The lowest BCUT2D eigenvalue weighted by molar-refractivity contribution is -0.139. The third-order valence-corrected chi connectivity index (χ3v) is 3.29. The fraction of sp³-hybridized carbons (Fsp3) is 0.333. The van der Waals surface area contributed by atoms with Crippen LogP contribution in [0.15, 0.2) is 34.9 Å². The van der Waals surface area contributed by atoms with Gasteiger partial charge in [-0.05, 0) is 32.0 Å². The summed E-state index contributed by atoms with van der Waals surface area (Å²) in [5.41, 5.74) is 1.49. The molecule has 0 aliphatic rings. The molecule has 0 spiro atoms. The number of oxazole rings is 1.